The molecule has 3 N–H and O–H groups in total. The quantitative estimate of drug-likeness (QED) is 0.514. The zero-order valence-corrected chi connectivity index (χ0v) is 5.92. The first-order valence-corrected chi connectivity index (χ1v) is 3.07. The lowest BCUT2D eigenvalue weighted by atomic mass is 10.6. The molecule has 0 radical (unpaired) electrons. The van der Waals surface area contributed by atoms with Crippen LogP contribution in [0.1, 0.15) is 6.92 Å². The largest absolute Gasteiger partial charge is 0.395 e. The van der Waals surface area contributed by atoms with E-state index in [0.29, 0.717) is 0 Å². The first-order chi connectivity index (χ1) is 4.81. The van der Waals surface area contributed by atoms with Crippen molar-refractivity contribution in [2.24, 2.45) is 0 Å². The minimum atomic E-state index is -0.299. The van der Waals surface area contributed by atoms with E-state index in [1.54, 1.807) is 13.0 Å². The lowest BCUT2D eigenvalue weighted by Crippen LogP contribution is -2.33. The van der Waals surface area contributed by atoms with Gasteiger partial charge in [0, 0.05) is 12.7 Å². The molecule has 0 saturated heterocycles. The van der Waals surface area contributed by atoms with Gasteiger partial charge in [0.15, 0.2) is 0 Å². The molecule has 2 amide bonds. The zero-order valence-electron chi connectivity index (χ0n) is 5.92. The molecule has 0 bridgehead atoms. The summed E-state index contributed by atoms with van der Waals surface area (Å²) in [6.07, 6.45) is 3.23. The van der Waals surface area contributed by atoms with Crippen LogP contribution in [0.3, 0.4) is 0 Å². The number of aliphatic hydroxyl groups is 1. The third kappa shape index (κ3) is 5.11. The molecule has 0 aliphatic rings. The van der Waals surface area contributed by atoms with Gasteiger partial charge in [0.1, 0.15) is 0 Å². The molecule has 0 aromatic heterocycles. The second-order valence-electron chi connectivity index (χ2n) is 1.62. The second-order valence-corrected chi connectivity index (χ2v) is 1.62. The Morgan fingerprint density at radius 1 is 1.70 bits per heavy atom. The number of rotatable bonds is 3. The van der Waals surface area contributed by atoms with E-state index in [9.17, 15) is 4.79 Å². The van der Waals surface area contributed by atoms with Crippen LogP contribution in [0, 0.1) is 0 Å². The van der Waals surface area contributed by atoms with Crippen LogP contribution >= 0.6 is 0 Å². The van der Waals surface area contributed by atoms with Crippen LogP contribution in [0.2, 0.25) is 0 Å². The van der Waals surface area contributed by atoms with Crippen molar-refractivity contribution >= 4 is 6.03 Å². The highest BCUT2D eigenvalue weighted by Crippen LogP contribution is 1.65. The van der Waals surface area contributed by atoms with Crippen LogP contribution in [0.5, 0.6) is 0 Å². The van der Waals surface area contributed by atoms with Crippen molar-refractivity contribution in [3.8, 4) is 0 Å². The molecular weight excluding hydrogens is 132 g/mol. The van der Waals surface area contributed by atoms with Gasteiger partial charge in [0.05, 0.1) is 6.61 Å². The third-order valence-electron chi connectivity index (χ3n) is 0.778. The van der Waals surface area contributed by atoms with Gasteiger partial charge in [-0.05, 0) is 6.92 Å². The highest BCUT2D eigenvalue weighted by molar-refractivity contribution is 5.74. The van der Waals surface area contributed by atoms with E-state index < -0.39 is 0 Å². The fourth-order valence-electron chi connectivity index (χ4n) is 0.379. The molecule has 4 nitrogen and oxygen atoms in total. The molecule has 0 unspecified atom stereocenters. The van der Waals surface area contributed by atoms with E-state index in [4.69, 9.17) is 5.11 Å². The molecule has 0 rings (SSSR count). The van der Waals surface area contributed by atoms with Gasteiger partial charge in [-0.25, -0.2) is 4.79 Å². The van der Waals surface area contributed by atoms with E-state index in [0.717, 1.165) is 0 Å². The first-order valence-electron chi connectivity index (χ1n) is 3.07. The van der Waals surface area contributed by atoms with E-state index in [2.05, 4.69) is 10.6 Å². The highest BCUT2D eigenvalue weighted by atomic mass is 16.3. The molecule has 10 heavy (non-hydrogen) atoms. The Morgan fingerprint density at radius 2 is 2.40 bits per heavy atom. The number of hydrogen-bond acceptors (Lipinski definition) is 2. The number of allylic oxidation sites excluding steroid dienone is 1. The van der Waals surface area contributed by atoms with Gasteiger partial charge in [-0.15, -0.1) is 0 Å². The standard InChI is InChI=1S/C6H12N2O2/c1-2-3-7-6(10)8-4-5-9/h2-3,9H,4-5H2,1H3,(H2,7,8,10)/b3-2+. The van der Waals surface area contributed by atoms with Crippen molar-refractivity contribution in [1.82, 2.24) is 10.6 Å². The summed E-state index contributed by atoms with van der Waals surface area (Å²) < 4.78 is 0. The molecule has 4 heteroatoms. The van der Waals surface area contributed by atoms with Gasteiger partial charge in [-0.2, -0.15) is 0 Å². The van der Waals surface area contributed by atoms with E-state index in [-0.39, 0.29) is 19.2 Å². The summed E-state index contributed by atoms with van der Waals surface area (Å²) in [7, 11) is 0. The number of carbonyl (C=O) groups excluding carboxylic acids is 1. The summed E-state index contributed by atoms with van der Waals surface area (Å²) >= 11 is 0. The zero-order chi connectivity index (χ0) is 7.82. The summed E-state index contributed by atoms with van der Waals surface area (Å²) in [5.74, 6) is 0. The van der Waals surface area contributed by atoms with Gasteiger partial charge in [0.25, 0.3) is 0 Å². The molecule has 0 aliphatic heterocycles. The monoisotopic (exact) mass is 144 g/mol. The number of aliphatic hydroxyl groups excluding tert-OH is 1. The van der Waals surface area contributed by atoms with E-state index in [1.807, 2.05) is 0 Å². The maximum absolute atomic E-state index is 10.6. The Hall–Kier alpha value is -1.03. The Bertz CT molecular complexity index is 123. The van der Waals surface area contributed by atoms with Gasteiger partial charge in [0.2, 0.25) is 0 Å². The van der Waals surface area contributed by atoms with Crippen LogP contribution in [-0.2, 0) is 0 Å². The number of urea groups is 1. The first kappa shape index (κ1) is 8.97. The van der Waals surface area contributed by atoms with Crippen LogP contribution in [0.15, 0.2) is 12.3 Å². The van der Waals surface area contributed by atoms with Crippen LogP contribution in [0.25, 0.3) is 0 Å². The average Bonchev–Trinajstić information content (AvgIpc) is 1.97. The van der Waals surface area contributed by atoms with Crippen molar-refractivity contribution in [1.29, 1.82) is 0 Å². The van der Waals surface area contributed by atoms with E-state index in [1.165, 1.54) is 6.20 Å². The van der Waals surface area contributed by atoms with Crippen LogP contribution < -0.4 is 10.6 Å². The molecular formula is C6H12N2O2. The Morgan fingerprint density at radius 3 is 2.90 bits per heavy atom. The summed E-state index contributed by atoms with van der Waals surface area (Å²) in [6, 6.07) is -0.299. The molecule has 0 fully saturated rings. The molecule has 0 saturated carbocycles. The maximum Gasteiger partial charge on any atom is 0.318 e. The van der Waals surface area contributed by atoms with Crippen LogP contribution in [0.4, 0.5) is 4.79 Å². The third-order valence-corrected chi connectivity index (χ3v) is 0.778. The summed E-state index contributed by atoms with van der Waals surface area (Å²) in [4.78, 5) is 10.6. The van der Waals surface area contributed by atoms with E-state index >= 15 is 0 Å². The lowest BCUT2D eigenvalue weighted by molar-refractivity contribution is 0.237. The average molecular weight is 144 g/mol. The second kappa shape index (κ2) is 6.10. The molecule has 0 aromatic carbocycles. The van der Waals surface area contributed by atoms with Gasteiger partial charge in [-0.3, -0.25) is 0 Å². The van der Waals surface area contributed by atoms with Crippen LogP contribution in [-0.4, -0.2) is 24.3 Å². The predicted octanol–water partition coefficient (Wildman–Crippen LogP) is -0.189. The topological polar surface area (TPSA) is 61.4 Å². The van der Waals surface area contributed by atoms with Crippen molar-refractivity contribution in [2.45, 2.75) is 6.92 Å². The molecule has 0 heterocycles. The number of carbonyl (C=O) groups is 1. The van der Waals surface area contributed by atoms with Gasteiger partial charge >= 0.3 is 6.03 Å². The number of hydrogen-bond donors (Lipinski definition) is 3. The molecule has 0 aromatic rings. The maximum atomic E-state index is 10.6. The Balaban J connectivity index is 3.25. The molecule has 0 aliphatic carbocycles. The summed E-state index contributed by atoms with van der Waals surface area (Å²) in [5.41, 5.74) is 0. The van der Waals surface area contributed by atoms with Gasteiger partial charge in [-0.1, -0.05) is 6.08 Å². The smallest absolute Gasteiger partial charge is 0.318 e. The number of nitrogens with one attached hydrogen (secondary N) is 2. The minimum absolute atomic E-state index is 0.0384. The van der Waals surface area contributed by atoms with Crippen molar-refractivity contribution in [3.05, 3.63) is 12.3 Å². The summed E-state index contributed by atoms with van der Waals surface area (Å²) in [5, 5.41) is 13.1. The molecule has 58 valence electrons. The molecule has 0 spiro atoms. The summed E-state index contributed by atoms with van der Waals surface area (Å²) in [6.45, 7) is 2.04. The van der Waals surface area contributed by atoms with Crippen molar-refractivity contribution in [3.63, 3.8) is 0 Å². The van der Waals surface area contributed by atoms with Gasteiger partial charge < -0.3 is 15.7 Å². The lowest BCUT2D eigenvalue weighted by Gasteiger charge is -1.99. The number of amides is 2. The fraction of sp³-hybridized carbons (Fsp3) is 0.500. The van der Waals surface area contributed by atoms with Crippen molar-refractivity contribution < 1.29 is 9.90 Å². The fourth-order valence-corrected chi connectivity index (χ4v) is 0.379. The normalized spacial score (nSPS) is 9.80. The Labute approximate surface area is 59.9 Å². The highest BCUT2D eigenvalue weighted by Gasteiger charge is 1.91. The molecule has 0 atom stereocenters. The van der Waals surface area contributed by atoms with Crippen molar-refractivity contribution in [2.75, 3.05) is 13.2 Å². The Kier molecular flexibility index (Phi) is 5.47. The SMILES string of the molecule is C/C=C/NC(=O)NCCO. The minimum Gasteiger partial charge on any atom is -0.395 e. The predicted molar refractivity (Wildman–Crippen MR) is 38.4 cm³/mol.